The molecule has 102 valence electrons. The molecule has 1 rings (SSSR count). The summed E-state index contributed by atoms with van der Waals surface area (Å²) in [7, 11) is 0. The molecule has 9 heteroatoms. The molecule has 5 N–H and O–H groups in total. The number of hydrogen-bond donors (Lipinski definition) is 5. The second-order valence-electron chi connectivity index (χ2n) is 3.14. The Balaban J connectivity index is 0.000000321. The van der Waals surface area contributed by atoms with Crippen molar-refractivity contribution in [1.82, 2.24) is 9.97 Å². The van der Waals surface area contributed by atoms with Gasteiger partial charge in [0.1, 0.15) is 12.4 Å². The monoisotopic (exact) mass is 324 g/mol. The van der Waals surface area contributed by atoms with Crippen LogP contribution in [0.4, 0.5) is 0 Å². The molecule has 0 aliphatic carbocycles. The lowest BCUT2D eigenvalue weighted by atomic mass is 10.2. The minimum Gasteiger partial charge on any atom is -0.394 e. The third-order valence-electron chi connectivity index (χ3n) is 1.74. The van der Waals surface area contributed by atoms with Crippen LogP contribution in [0, 0.1) is 0 Å². The number of aromatic nitrogens is 2. The van der Waals surface area contributed by atoms with Crippen molar-refractivity contribution in [2.24, 2.45) is 0 Å². The Morgan fingerprint density at radius 1 is 1.33 bits per heavy atom. The van der Waals surface area contributed by atoms with Gasteiger partial charge < -0.3 is 25.1 Å². The SMILES string of the molecule is O=CCC(O)C(O)CO.O=c1[nH]cc(Br)c(=O)[nH]1. The van der Waals surface area contributed by atoms with E-state index in [1.54, 1.807) is 0 Å². The molecular weight excluding hydrogens is 312 g/mol. The number of carbonyl (C=O) groups excluding carboxylic acids is 1. The average Bonchev–Trinajstić information content (AvgIpc) is 2.34. The quantitative estimate of drug-likeness (QED) is 0.410. The minimum absolute atomic E-state index is 0.137. The molecule has 1 heterocycles. The lowest BCUT2D eigenvalue weighted by Gasteiger charge is -2.11. The molecule has 0 amide bonds. The molecule has 0 aliphatic heterocycles. The van der Waals surface area contributed by atoms with Crippen molar-refractivity contribution < 1.29 is 20.1 Å². The first-order valence-corrected chi connectivity index (χ1v) is 5.59. The smallest absolute Gasteiger partial charge is 0.325 e. The zero-order chi connectivity index (χ0) is 14.1. The summed E-state index contributed by atoms with van der Waals surface area (Å²) in [6, 6.07) is 0. The Morgan fingerprint density at radius 3 is 2.33 bits per heavy atom. The number of carbonyl (C=O) groups is 1. The summed E-state index contributed by atoms with van der Waals surface area (Å²) < 4.78 is 0.321. The predicted octanol–water partition coefficient (Wildman–Crippen LogP) is -1.88. The van der Waals surface area contributed by atoms with Gasteiger partial charge in [0.05, 0.1) is 17.2 Å². The van der Waals surface area contributed by atoms with Gasteiger partial charge in [0.25, 0.3) is 5.56 Å². The van der Waals surface area contributed by atoms with E-state index in [2.05, 4.69) is 20.9 Å². The maximum Gasteiger partial charge on any atom is 0.325 e. The first-order chi connectivity index (χ1) is 8.42. The summed E-state index contributed by atoms with van der Waals surface area (Å²) in [5, 5.41) is 25.5. The van der Waals surface area contributed by atoms with Gasteiger partial charge in [-0.1, -0.05) is 0 Å². The van der Waals surface area contributed by atoms with Crippen molar-refractivity contribution in [3.05, 3.63) is 31.5 Å². The minimum atomic E-state index is -1.20. The van der Waals surface area contributed by atoms with Crippen molar-refractivity contribution in [2.75, 3.05) is 6.61 Å². The van der Waals surface area contributed by atoms with Crippen molar-refractivity contribution in [2.45, 2.75) is 18.6 Å². The third-order valence-corrected chi connectivity index (χ3v) is 2.33. The van der Waals surface area contributed by atoms with Gasteiger partial charge in [0, 0.05) is 12.6 Å². The third kappa shape index (κ3) is 6.45. The van der Waals surface area contributed by atoms with E-state index in [9.17, 15) is 14.4 Å². The van der Waals surface area contributed by atoms with Gasteiger partial charge in [-0.3, -0.25) is 9.78 Å². The molecule has 2 atom stereocenters. The Morgan fingerprint density at radius 2 is 1.94 bits per heavy atom. The maximum atomic E-state index is 10.5. The van der Waals surface area contributed by atoms with E-state index in [1.807, 2.05) is 4.98 Å². The van der Waals surface area contributed by atoms with Crippen LogP contribution in [0.1, 0.15) is 6.42 Å². The van der Waals surface area contributed by atoms with Crippen LogP contribution in [0.2, 0.25) is 0 Å². The zero-order valence-corrected chi connectivity index (χ0v) is 10.8. The van der Waals surface area contributed by atoms with Gasteiger partial charge in [-0.05, 0) is 15.9 Å². The van der Waals surface area contributed by atoms with Gasteiger partial charge in [0.15, 0.2) is 0 Å². The summed E-state index contributed by atoms with van der Waals surface area (Å²) >= 11 is 2.92. The van der Waals surface area contributed by atoms with E-state index in [-0.39, 0.29) is 6.42 Å². The molecule has 18 heavy (non-hydrogen) atoms. The van der Waals surface area contributed by atoms with E-state index in [0.717, 1.165) is 0 Å². The Labute approximate surface area is 109 Å². The fourth-order valence-corrected chi connectivity index (χ4v) is 0.984. The summed E-state index contributed by atoms with van der Waals surface area (Å²) in [6.45, 7) is -0.519. The van der Waals surface area contributed by atoms with E-state index in [1.165, 1.54) is 6.20 Å². The van der Waals surface area contributed by atoms with Crippen molar-refractivity contribution >= 4 is 22.2 Å². The standard InChI is InChI=1S/C5H10O4.C4H3BrN2O2/c6-2-1-4(8)5(9)3-7;5-2-1-6-4(9)7-3(2)8/h2,4-5,7-9H,1,3H2;1H,(H2,6,7,8,9). The summed E-state index contributed by atoms with van der Waals surface area (Å²) in [4.78, 5) is 34.8. The van der Waals surface area contributed by atoms with Crippen LogP contribution in [0.3, 0.4) is 0 Å². The van der Waals surface area contributed by atoms with Gasteiger partial charge in [0.2, 0.25) is 0 Å². The molecule has 1 aromatic heterocycles. The Kier molecular flexibility index (Phi) is 8.12. The van der Waals surface area contributed by atoms with E-state index in [0.29, 0.717) is 10.8 Å². The lowest BCUT2D eigenvalue weighted by molar-refractivity contribution is -0.111. The van der Waals surface area contributed by atoms with E-state index >= 15 is 0 Å². The van der Waals surface area contributed by atoms with Crippen LogP contribution in [-0.2, 0) is 4.79 Å². The summed E-state index contributed by atoms with van der Waals surface area (Å²) in [6.07, 6.45) is -0.686. The van der Waals surface area contributed by atoms with Crippen molar-refractivity contribution in [3.8, 4) is 0 Å². The topological polar surface area (TPSA) is 143 Å². The number of halogens is 1. The molecule has 0 saturated carbocycles. The summed E-state index contributed by atoms with van der Waals surface area (Å²) in [5.41, 5.74) is -0.915. The number of aliphatic hydroxyl groups excluding tert-OH is 3. The number of H-pyrrole nitrogens is 2. The average molecular weight is 325 g/mol. The number of rotatable bonds is 4. The molecule has 0 spiro atoms. The molecule has 8 nitrogen and oxygen atoms in total. The lowest BCUT2D eigenvalue weighted by Crippen LogP contribution is -2.29. The molecule has 2 unspecified atom stereocenters. The summed E-state index contributed by atoms with van der Waals surface area (Å²) in [5.74, 6) is 0. The number of hydrogen-bond acceptors (Lipinski definition) is 6. The van der Waals surface area contributed by atoms with Gasteiger partial charge in [-0.15, -0.1) is 0 Å². The first kappa shape index (κ1) is 16.7. The second kappa shape index (κ2) is 8.75. The van der Waals surface area contributed by atoms with Crippen LogP contribution in [0.15, 0.2) is 20.3 Å². The van der Waals surface area contributed by atoms with Crippen LogP contribution in [0.5, 0.6) is 0 Å². The molecule has 0 saturated heterocycles. The van der Waals surface area contributed by atoms with Crippen LogP contribution in [0.25, 0.3) is 0 Å². The Hall–Kier alpha value is -1.29. The Bertz CT molecular complexity index is 471. The molecule has 0 fully saturated rings. The highest BCUT2D eigenvalue weighted by Crippen LogP contribution is 1.94. The van der Waals surface area contributed by atoms with Gasteiger partial charge in [-0.25, -0.2) is 4.79 Å². The highest BCUT2D eigenvalue weighted by atomic mass is 79.9. The fraction of sp³-hybridized carbons (Fsp3) is 0.444. The van der Waals surface area contributed by atoms with Gasteiger partial charge in [-0.2, -0.15) is 0 Å². The number of nitrogens with one attached hydrogen (secondary N) is 2. The molecular formula is C9H13BrN2O6. The van der Waals surface area contributed by atoms with E-state index in [4.69, 9.17) is 15.3 Å². The normalized spacial score (nSPS) is 13.1. The molecule has 0 bridgehead atoms. The molecule has 1 aromatic rings. The molecule has 0 radical (unpaired) electrons. The van der Waals surface area contributed by atoms with Crippen LogP contribution in [-0.4, -0.2) is 50.4 Å². The molecule has 0 aliphatic rings. The number of aliphatic hydroxyl groups is 3. The zero-order valence-electron chi connectivity index (χ0n) is 9.17. The van der Waals surface area contributed by atoms with Crippen LogP contribution < -0.4 is 11.2 Å². The predicted molar refractivity (Wildman–Crippen MR) is 65.2 cm³/mol. The van der Waals surface area contributed by atoms with E-state index < -0.39 is 30.1 Å². The first-order valence-electron chi connectivity index (χ1n) is 4.80. The molecule has 0 aromatic carbocycles. The largest absolute Gasteiger partial charge is 0.394 e. The highest BCUT2D eigenvalue weighted by molar-refractivity contribution is 9.10. The second-order valence-corrected chi connectivity index (χ2v) is 3.99. The highest BCUT2D eigenvalue weighted by Gasteiger charge is 2.13. The van der Waals surface area contributed by atoms with Gasteiger partial charge >= 0.3 is 5.69 Å². The number of aldehydes is 1. The van der Waals surface area contributed by atoms with Crippen molar-refractivity contribution in [1.29, 1.82) is 0 Å². The van der Waals surface area contributed by atoms with Crippen molar-refractivity contribution in [3.63, 3.8) is 0 Å². The fourth-order valence-electron chi connectivity index (χ4n) is 0.771. The van der Waals surface area contributed by atoms with Crippen LogP contribution >= 0.6 is 15.9 Å². The number of aromatic amines is 2. The maximum absolute atomic E-state index is 10.5.